The van der Waals surface area contributed by atoms with Crippen molar-refractivity contribution in [3.05, 3.63) is 94.4 Å². The van der Waals surface area contributed by atoms with Crippen molar-refractivity contribution in [3.8, 4) is 11.5 Å². The molecule has 29 heavy (non-hydrogen) atoms. The number of anilines is 1. The molecule has 1 amide bonds. The van der Waals surface area contributed by atoms with Gasteiger partial charge in [0.25, 0.3) is 5.56 Å². The maximum Gasteiger partial charge on any atom is 0.269 e. The van der Waals surface area contributed by atoms with Crippen LogP contribution in [0.3, 0.4) is 0 Å². The Morgan fingerprint density at radius 1 is 0.966 bits per heavy atom. The van der Waals surface area contributed by atoms with E-state index < -0.39 is 0 Å². The number of hydrogen-bond donors (Lipinski definition) is 1. The Hall–Kier alpha value is -3.64. The number of benzene rings is 3. The molecule has 0 atom stereocenters. The molecule has 0 saturated carbocycles. The topological polar surface area (TPSA) is 73.2 Å². The molecule has 0 spiro atoms. The summed E-state index contributed by atoms with van der Waals surface area (Å²) < 4.78 is 7.24. The lowest BCUT2D eigenvalue weighted by molar-refractivity contribution is -0.116. The lowest BCUT2D eigenvalue weighted by Crippen LogP contribution is -2.28. The van der Waals surface area contributed by atoms with Crippen molar-refractivity contribution in [3.63, 3.8) is 0 Å². The number of nitrogens with one attached hydrogen (secondary N) is 1. The van der Waals surface area contributed by atoms with E-state index in [0.29, 0.717) is 33.2 Å². The molecule has 0 radical (unpaired) electrons. The molecule has 1 N–H and O–H groups in total. The second kappa shape index (κ2) is 8.16. The summed E-state index contributed by atoms with van der Waals surface area (Å²) in [4.78, 5) is 29.0. The zero-order chi connectivity index (χ0) is 20.2. The second-order valence-corrected chi connectivity index (χ2v) is 6.66. The first-order valence-electron chi connectivity index (χ1n) is 8.88. The third-order valence-corrected chi connectivity index (χ3v) is 4.58. The van der Waals surface area contributed by atoms with Crippen LogP contribution < -0.4 is 15.6 Å². The number of hydrogen-bond acceptors (Lipinski definition) is 4. The highest BCUT2D eigenvalue weighted by Gasteiger charge is 2.12. The fourth-order valence-corrected chi connectivity index (χ4v) is 3.09. The summed E-state index contributed by atoms with van der Waals surface area (Å²) >= 11 is 6.16. The minimum Gasteiger partial charge on any atom is -0.454 e. The van der Waals surface area contributed by atoms with Crippen molar-refractivity contribution in [2.75, 3.05) is 5.32 Å². The van der Waals surface area contributed by atoms with Crippen LogP contribution >= 0.6 is 11.6 Å². The maximum absolute atomic E-state index is 12.7. The van der Waals surface area contributed by atoms with E-state index in [4.69, 9.17) is 16.3 Å². The van der Waals surface area contributed by atoms with E-state index in [-0.39, 0.29) is 18.0 Å². The smallest absolute Gasteiger partial charge is 0.269 e. The number of carbonyl (C=O) groups is 1. The summed E-state index contributed by atoms with van der Waals surface area (Å²) in [6, 6.07) is 21.3. The van der Waals surface area contributed by atoms with Crippen LogP contribution in [0.2, 0.25) is 5.02 Å². The van der Waals surface area contributed by atoms with E-state index in [0.717, 1.165) is 0 Å². The van der Waals surface area contributed by atoms with E-state index in [1.165, 1.54) is 10.8 Å². The zero-order valence-electron chi connectivity index (χ0n) is 15.2. The van der Waals surface area contributed by atoms with Gasteiger partial charge in [-0.25, -0.2) is 4.98 Å². The van der Waals surface area contributed by atoms with Crippen molar-refractivity contribution in [2.24, 2.45) is 0 Å². The second-order valence-electron chi connectivity index (χ2n) is 6.25. The number of aromatic nitrogens is 2. The molecular weight excluding hydrogens is 390 g/mol. The van der Waals surface area contributed by atoms with E-state index >= 15 is 0 Å². The van der Waals surface area contributed by atoms with Crippen LogP contribution in [-0.4, -0.2) is 15.5 Å². The highest BCUT2D eigenvalue weighted by molar-refractivity contribution is 6.32. The predicted octanol–water partition coefficient (Wildman–Crippen LogP) is 4.48. The normalized spacial score (nSPS) is 10.7. The summed E-state index contributed by atoms with van der Waals surface area (Å²) in [5.74, 6) is 0.562. The molecule has 0 fully saturated rings. The van der Waals surface area contributed by atoms with Gasteiger partial charge in [0.15, 0.2) is 5.75 Å². The minimum atomic E-state index is -0.362. The largest absolute Gasteiger partial charge is 0.454 e. The molecule has 0 aliphatic carbocycles. The fraction of sp³-hybridized carbons (Fsp3) is 0.0455. The Balaban J connectivity index is 1.58. The molecule has 0 aliphatic heterocycles. The van der Waals surface area contributed by atoms with Gasteiger partial charge < -0.3 is 10.1 Å². The van der Waals surface area contributed by atoms with Crippen LogP contribution in [0, 0.1) is 0 Å². The number of fused-ring (bicyclic) bond motifs is 1. The van der Waals surface area contributed by atoms with Crippen LogP contribution in [-0.2, 0) is 11.3 Å². The standard InChI is InChI=1S/C22H16ClN3O3/c23-15-7-1-5-11-19(15)29-20-12-6-3-9-17(20)25-21(27)14-26-18-10-4-2-8-16(18)24-13-22(26)28/h1-13H,14H2,(H,25,27). The number of carbonyl (C=O) groups excluding carboxylic acids is 1. The van der Waals surface area contributed by atoms with Crippen molar-refractivity contribution >= 4 is 34.2 Å². The van der Waals surface area contributed by atoms with Crippen LogP contribution in [0.15, 0.2) is 83.8 Å². The van der Waals surface area contributed by atoms with Crippen LogP contribution in [0.1, 0.15) is 0 Å². The first kappa shape index (κ1) is 18.7. The van der Waals surface area contributed by atoms with E-state index in [1.54, 1.807) is 60.7 Å². The number of nitrogens with zero attached hydrogens (tertiary/aromatic N) is 2. The van der Waals surface area contributed by atoms with Gasteiger partial charge in [-0.3, -0.25) is 14.2 Å². The molecule has 0 unspecified atom stereocenters. The molecule has 144 valence electrons. The van der Waals surface area contributed by atoms with Gasteiger partial charge in [0.1, 0.15) is 12.3 Å². The minimum absolute atomic E-state index is 0.151. The molecule has 1 heterocycles. The first-order valence-corrected chi connectivity index (χ1v) is 9.25. The number of para-hydroxylation sites is 5. The molecule has 0 saturated heterocycles. The van der Waals surface area contributed by atoms with Gasteiger partial charge in [-0.1, -0.05) is 48.0 Å². The molecule has 3 aromatic carbocycles. The molecule has 6 nitrogen and oxygen atoms in total. The average molecular weight is 406 g/mol. The predicted molar refractivity (Wildman–Crippen MR) is 113 cm³/mol. The Bertz CT molecular complexity index is 1250. The molecule has 4 aromatic rings. The summed E-state index contributed by atoms with van der Waals surface area (Å²) in [7, 11) is 0. The quantitative estimate of drug-likeness (QED) is 0.531. The first-order chi connectivity index (χ1) is 14.1. The van der Waals surface area contributed by atoms with Crippen molar-refractivity contribution in [1.82, 2.24) is 9.55 Å². The number of amides is 1. The van der Waals surface area contributed by atoms with Crippen molar-refractivity contribution in [2.45, 2.75) is 6.54 Å². The molecule has 0 bridgehead atoms. The van der Waals surface area contributed by atoms with E-state index in [2.05, 4.69) is 10.3 Å². The number of ether oxygens (including phenoxy) is 1. The molecule has 1 aromatic heterocycles. The Labute approximate surface area is 171 Å². The fourth-order valence-electron chi connectivity index (χ4n) is 2.92. The monoisotopic (exact) mass is 405 g/mol. The Morgan fingerprint density at radius 2 is 1.66 bits per heavy atom. The molecule has 0 aliphatic rings. The summed E-state index contributed by atoms with van der Waals surface area (Å²) in [5, 5.41) is 3.27. The summed E-state index contributed by atoms with van der Waals surface area (Å²) in [6.07, 6.45) is 1.21. The third-order valence-electron chi connectivity index (χ3n) is 4.27. The summed E-state index contributed by atoms with van der Waals surface area (Å²) in [6.45, 7) is -0.151. The average Bonchev–Trinajstić information content (AvgIpc) is 2.73. The lowest BCUT2D eigenvalue weighted by atomic mass is 10.2. The van der Waals surface area contributed by atoms with Gasteiger partial charge in [-0.15, -0.1) is 0 Å². The maximum atomic E-state index is 12.7. The SMILES string of the molecule is O=C(Cn1c(=O)cnc2ccccc21)Nc1ccccc1Oc1ccccc1Cl. The van der Waals surface area contributed by atoms with Gasteiger partial charge >= 0.3 is 0 Å². The summed E-state index contributed by atoms with van der Waals surface area (Å²) in [5.41, 5.74) is 1.36. The van der Waals surface area contributed by atoms with Crippen molar-refractivity contribution < 1.29 is 9.53 Å². The van der Waals surface area contributed by atoms with Crippen LogP contribution in [0.25, 0.3) is 11.0 Å². The highest BCUT2D eigenvalue weighted by Crippen LogP contribution is 2.33. The highest BCUT2D eigenvalue weighted by atomic mass is 35.5. The van der Waals surface area contributed by atoms with Gasteiger partial charge in [-0.2, -0.15) is 0 Å². The molecule has 7 heteroatoms. The third kappa shape index (κ3) is 4.12. The molecule has 4 rings (SSSR count). The Kier molecular flexibility index (Phi) is 5.27. The molecular formula is C22H16ClN3O3. The van der Waals surface area contributed by atoms with Gasteiger partial charge in [-0.05, 0) is 36.4 Å². The number of rotatable bonds is 5. The van der Waals surface area contributed by atoms with Crippen molar-refractivity contribution in [1.29, 1.82) is 0 Å². The van der Waals surface area contributed by atoms with Gasteiger partial charge in [0.05, 0.1) is 27.9 Å². The number of halogens is 1. The zero-order valence-corrected chi connectivity index (χ0v) is 16.0. The Morgan fingerprint density at radius 3 is 2.48 bits per heavy atom. The lowest BCUT2D eigenvalue weighted by Gasteiger charge is -2.14. The van der Waals surface area contributed by atoms with Gasteiger partial charge in [0, 0.05) is 0 Å². The van der Waals surface area contributed by atoms with Crippen LogP contribution in [0.4, 0.5) is 5.69 Å². The van der Waals surface area contributed by atoms with Gasteiger partial charge in [0.2, 0.25) is 5.91 Å². The van der Waals surface area contributed by atoms with E-state index in [1.807, 2.05) is 12.1 Å². The van der Waals surface area contributed by atoms with Crippen LogP contribution in [0.5, 0.6) is 11.5 Å². The van der Waals surface area contributed by atoms with E-state index in [9.17, 15) is 9.59 Å².